The number of fused-ring (bicyclic) bond motifs is 1. The molecule has 4 rings (SSSR count). The second kappa shape index (κ2) is 7.84. The highest BCUT2D eigenvalue weighted by atomic mass is 32.2. The zero-order valence-corrected chi connectivity index (χ0v) is 17.6. The van der Waals surface area contributed by atoms with E-state index in [2.05, 4.69) is 0 Å². The highest BCUT2D eigenvalue weighted by molar-refractivity contribution is 7.89. The number of sulfonamides is 1. The molecule has 1 fully saturated rings. The predicted molar refractivity (Wildman–Crippen MR) is 107 cm³/mol. The maximum Gasteiger partial charge on any atom is 0.289 e. The van der Waals surface area contributed by atoms with Crippen LogP contribution in [0.5, 0.6) is 5.75 Å². The first-order valence-corrected chi connectivity index (χ1v) is 11.5. The summed E-state index contributed by atoms with van der Waals surface area (Å²) in [6.07, 6.45) is 2.46. The van der Waals surface area contributed by atoms with Crippen LogP contribution in [0, 0.1) is 6.92 Å². The number of carbonyl (C=O) groups excluding carboxylic acids is 1. The number of aryl methyl sites for hydroxylation is 1. The molecule has 2 aliphatic heterocycles. The minimum atomic E-state index is -3.62. The van der Waals surface area contributed by atoms with Gasteiger partial charge < -0.3 is 14.1 Å². The largest absolute Gasteiger partial charge is 0.494 e. The Morgan fingerprint density at radius 1 is 1.14 bits per heavy atom. The van der Waals surface area contributed by atoms with Crippen LogP contribution < -0.4 is 4.74 Å². The fraction of sp³-hybridized carbons (Fsp3) is 0.476. The van der Waals surface area contributed by atoms with Gasteiger partial charge in [-0.2, -0.15) is 4.31 Å². The van der Waals surface area contributed by atoms with Crippen molar-refractivity contribution in [2.75, 3.05) is 26.2 Å². The Morgan fingerprint density at radius 3 is 2.62 bits per heavy atom. The molecule has 0 spiro atoms. The van der Waals surface area contributed by atoms with Gasteiger partial charge in [-0.05, 0) is 56.4 Å². The van der Waals surface area contributed by atoms with Gasteiger partial charge >= 0.3 is 0 Å². The summed E-state index contributed by atoms with van der Waals surface area (Å²) in [5, 5.41) is 0. The summed E-state index contributed by atoms with van der Waals surface area (Å²) < 4.78 is 38.3. The fourth-order valence-corrected chi connectivity index (χ4v) is 5.69. The van der Waals surface area contributed by atoms with Crippen LogP contribution in [0.1, 0.15) is 47.2 Å². The van der Waals surface area contributed by atoms with Crippen LogP contribution in [0.25, 0.3) is 0 Å². The number of hydrogen-bond acceptors (Lipinski definition) is 5. The van der Waals surface area contributed by atoms with Crippen LogP contribution >= 0.6 is 0 Å². The lowest BCUT2D eigenvalue weighted by Gasteiger charge is -2.28. The van der Waals surface area contributed by atoms with Crippen LogP contribution in [-0.2, 0) is 23.0 Å². The average Bonchev–Trinajstić information content (AvgIpc) is 3.38. The van der Waals surface area contributed by atoms with E-state index in [1.807, 2.05) is 25.1 Å². The maximum absolute atomic E-state index is 13.0. The number of benzene rings is 1. The number of amides is 1. The van der Waals surface area contributed by atoms with Crippen LogP contribution in [0.2, 0.25) is 0 Å². The summed E-state index contributed by atoms with van der Waals surface area (Å²) in [7, 11) is -3.62. The molecule has 2 aromatic rings. The van der Waals surface area contributed by atoms with Gasteiger partial charge in [0.1, 0.15) is 16.4 Å². The van der Waals surface area contributed by atoms with Gasteiger partial charge in [-0.25, -0.2) is 8.42 Å². The summed E-state index contributed by atoms with van der Waals surface area (Å²) in [4.78, 5) is 14.8. The van der Waals surface area contributed by atoms with E-state index in [0.29, 0.717) is 32.8 Å². The van der Waals surface area contributed by atoms with Crippen molar-refractivity contribution in [2.45, 2.75) is 44.6 Å². The maximum atomic E-state index is 13.0. The summed E-state index contributed by atoms with van der Waals surface area (Å²) >= 11 is 0. The molecule has 1 saturated heterocycles. The van der Waals surface area contributed by atoms with Crippen molar-refractivity contribution in [2.24, 2.45) is 0 Å². The Balaban J connectivity index is 1.56. The molecule has 7 nitrogen and oxygen atoms in total. The van der Waals surface area contributed by atoms with E-state index in [4.69, 9.17) is 9.15 Å². The van der Waals surface area contributed by atoms with Gasteiger partial charge in [-0.15, -0.1) is 0 Å². The minimum absolute atomic E-state index is 0.0738. The minimum Gasteiger partial charge on any atom is -0.494 e. The second-order valence-electron chi connectivity index (χ2n) is 7.48. The molecule has 8 heteroatoms. The van der Waals surface area contributed by atoms with Gasteiger partial charge in [0.2, 0.25) is 10.0 Å². The van der Waals surface area contributed by atoms with Crippen molar-refractivity contribution < 1.29 is 22.4 Å². The standard InChI is InChI=1S/C21H26N2O5S/c1-3-27-18-7-6-16-8-11-22(14-17(16)12-18)21(24)19-13-20(15(2)28-19)29(25,26)23-9-4-5-10-23/h6-7,12-13H,3-5,8-11,14H2,1-2H3. The molecule has 29 heavy (non-hydrogen) atoms. The third-order valence-corrected chi connectivity index (χ3v) is 7.56. The van der Waals surface area contributed by atoms with Crippen LogP contribution in [0.4, 0.5) is 0 Å². The smallest absolute Gasteiger partial charge is 0.289 e. The molecule has 0 atom stereocenters. The lowest BCUT2D eigenvalue weighted by molar-refractivity contribution is 0.0700. The zero-order valence-electron chi connectivity index (χ0n) is 16.8. The molecule has 1 aromatic carbocycles. The van der Waals surface area contributed by atoms with E-state index in [9.17, 15) is 13.2 Å². The molecule has 0 radical (unpaired) electrons. The molecule has 3 heterocycles. The lowest BCUT2D eigenvalue weighted by atomic mass is 9.99. The van der Waals surface area contributed by atoms with Crippen LogP contribution in [0.3, 0.4) is 0 Å². The SMILES string of the molecule is CCOc1ccc2c(c1)CN(C(=O)c1cc(S(=O)(=O)N3CCCC3)c(C)o1)CC2. The molecule has 0 N–H and O–H groups in total. The van der Waals surface area contributed by atoms with Crippen molar-refractivity contribution in [3.8, 4) is 5.75 Å². The van der Waals surface area contributed by atoms with E-state index >= 15 is 0 Å². The van der Waals surface area contributed by atoms with Gasteiger partial charge in [0.15, 0.2) is 5.76 Å². The number of nitrogens with zero attached hydrogens (tertiary/aromatic N) is 2. The molecule has 1 amide bonds. The summed E-state index contributed by atoms with van der Waals surface area (Å²) in [5.74, 6) is 0.831. The molecule has 2 aliphatic rings. The monoisotopic (exact) mass is 418 g/mol. The molecular weight excluding hydrogens is 392 g/mol. The number of hydrogen-bond donors (Lipinski definition) is 0. The molecule has 1 aromatic heterocycles. The van der Waals surface area contributed by atoms with E-state index < -0.39 is 10.0 Å². The molecule has 0 saturated carbocycles. The molecule has 0 bridgehead atoms. The topological polar surface area (TPSA) is 80.1 Å². The Hall–Kier alpha value is -2.32. The number of ether oxygens (including phenoxy) is 1. The second-order valence-corrected chi connectivity index (χ2v) is 9.39. The van der Waals surface area contributed by atoms with Crippen LogP contribution in [-0.4, -0.2) is 49.8 Å². The summed E-state index contributed by atoms with van der Waals surface area (Å²) in [5.41, 5.74) is 2.24. The Kier molecular flexibility index (Phi) is 5.40. The summed E-state index contributed by atoms with van der Waals surface area (Å²) in [6, 6.07) is 7.34. The van der Waals surface area contributed by atoms with E-state index in [1.54, 1.807) is 11.8 Å². The fourth-order valence-electron chi connectivity index (χ4n) is 4.01. The quantitative estimate of drug-likeness (QED) is 0.746. The first kappa shape index (κ1) is 20.0. The van der Waals surface area contributed by atoms with Gasteiger partial charge in [0.05, 0.1) is 6.61 Å². The number of rotatable bonds is 5. The van der Waals surface area contributed by atoms with Gasteiger partial charge in [0.25, 0.3) is 5.91 Å². The molecule has 156 valence electrons. The van der Waals surface area contributed by atoms with Crippen molar-refractivity contribution in [1.29, 1.82) is 0 Å². The van der Waals surface area contributed by atoms with Crippen molar-refractivity contribution in [3.05, 3.63) is 46.9 Å². The number of carbonyl (C=O) groups is 1. The lowest BCUT2D eigenvalue weighted by Crippen LogP contribution is -2.35. The van der Waals surface area contributed by atoms with Crippen molar-refractivity contribution in [3.63, 3.8) is 0 Å². The number of furan rings is 1. The Morgan fingerprint density at radius 2 is 1.90 bits per heavy atom. The van der Waals surface area contributed by atoms with E-state index in [1.165, 1.54) is 15.9 Å². The predicted octanol–water partition coefficient (Wildman–Crippen LogP) is 2.97. The van der Waals surface area contributed by atoms with Crippen LogP contribution in [0.15, 0.2) is 33.6 Å². The third-order valence-electron chi connectivity index (χ3n) is 5.55. The highest BCUT2D eigenvalue weighted by Gasteiger charge is 2.33. The van der Waals surface area contributed by atoms with E-state index in [0.717, 1.165) is 30.6 Å². The van der Waals surface area contributed by atoms with Crippen molar-refractivity contribution >= 4 is 15.9 Å². The van der Waals surface area contributed by atoms with E-state index in [-0.39, 0.29) is 22.3 Å². The molecular formula is C21H26N2O5S. The Bertz CT molecular complexity index is 1020. The zero-order chi connectivity index (χ0) is 20.6. The van der Waals surface area contributed by atoms with Gasteiger partial charge in [-0.1, -0.05) is 6.07 Å². The Labute approximate surface area is 171 Å². The third kappa shape index (κ3) is 3.79. The van der Waals surface area contributed by atoms with Crippen molar-refractivity contribution in [1.82, 2.24) is 9.21 Å². The molecule has 0 aliphatic carbocycles. The normalized spacial score (nSPS) is 17.4. The van der Waals surface area contributed by atoms with Gasteiger partial charge in [-0.3, -0.25) is 4.79 Å². The van der Waals surface area contributed by atoms with Gasteiger partial charge in [0, 0.05) is 32.2 Å². The molecule has 0 unspecified atom stereocenters. The average molecular weight is 419 g/mol. The summed E-state index contributed by atoms with van der Waals surface area (Å²) in [6.45, 7) is 6.16. The first-order valence-electron chi connectivity index (χ1n) is 10.0. The highest BCUT2D eigenvalue weighted by Crippen LogP contribution is 2.29. The first-order chi connectivity index (χ1) is 13.9.